The molecule has 0 aliphatic carbocycles. The lowest BCUT2D eigenvalue weighted by Gasteiger charge is -2.23. The first-order valence-electron chi connectivity index (χ1n) is 8.83. The fourth-order valence-electron chi connectivity index (χ4n) is 3.71. The highest BCUT2D eigenvalue weighted by Crippen LogP contribution is 2.37. The Hall–Kier alpha value is -2.19. The fourth-order valence-corrected chi connectivity index (χ4v) is 5.43. The quantitative estimate of drug-likeness (QED) is 0.890. The van der Waals surface area contributed by atoms with E-state index in [0.717, 1.165) is 18.4 Å². The SMILES string of the molecule is Cc1cc(C2CCCN2S(=O)(=O)c2ccc3c(c2)CCCC(=O)N3)no1. The van der Waals surface area contributed by atoms with Gasteiger partial charge in [-0.3, -0.25) is 4.79 Å². The zero-order valence-corrected chi connectivity index (χ0v) is 15.4. The second kappa shape index (κ2) is 6.51. The maximum absolute atomic E-state index is 13.2. The summed E-state index contributed by atoms with van der Waals surface area (Å²) in [4.78, 5) is 11.9. The van der Waals surface area contributed by atoms with Crippen molar-refractivity contribution >= 4 is 21.6 Å². The van der Waals surface area contributed by atoms with E-state index in [9.17, 15) is 13.2 Å². The number of aryl methyl sites for hydroxylation is 2. The molecule has 7 nitrogen and oxygen atoms in total. The highest BCUT2D eigenvalue weighted by molar-refractivity contribution is 7.89. The molecule has 2 aliphatic rings. The van der Waals surface area contributed by atoms with Crippen LogP contribution in [0.25, 0.3) is 0 Å². The van der Waals surface area contributed by atoms with Crippen LogP contribution in [0.15, 0.2) is 33.7 Å². The van der Waals surface area contributed by atoms with E-state index in [1.54, 1.807) is 31.2 Å². The second-order valence-electron chi connectivity index (χ2n) is 6.86. The Bertz CT molecular complexity index is 951. The molecule has 3 heterocycles. The molecule has 0 bridgehead atoms. The number of carbonyl (C=O) groups is 1. The maximum Gasteiger partial charge on any atom is 0.243 e. The molecule has 1 unspecified atom stereocenters. The maximum atomic E-state index is 13.2. The number of benzene rings is 1. The molecule has 0 radical (unpaired) electrons. The van der Waals surface area contributed by atoms with Crippen molar-refractivity contribution in [2.24, 2.45) is 0 Å². The Morgan fingerprint density at radius 2 is 2.08 bits per heavy atom. The van der Waals surface area contributed by atoms with Crippen molar-refractivity contribution in [2.45, 2.75) is 50.0 Å². The number of nitrogens with zero attached hydrogens (tertiary/aromatic N) is 2. The third kappa shape index (κ3) is 3.03. The van der Waals surface area contributed by atoms with Crippen molar-refractivity contribution < 1.29 is 17.7 Å². The largest absolute Gasteiger partial charge is 0.361 e. The summed E-state index contributed by atoms with van der Waals surface area (Å²) < 4.78 is 33.1. The molecule has 1 aromatic heterocycles. The summed E-state index contributed by atoms with van der Waals surface area (Å²) in [6, 6.07) is 6.46. The summed E-state index contributed by atoms with van der Waals surface area (Å²) in [5.74, 6) is 0.644. The molecule has 26 heavy (non-hydrogen) atoms. The minimum absolute atomic E-state index is 0.0274. The van der Waals surface area contributed by atoms with Crippen molar-refractivity contribution in [1.29, 1.82) is 0 Å². The first-order valence-corrected chi connectivity index (χ1v) is 10.3. The first-order chi connectivity index (χ1) is 12.4. The van der Waals surface area contributed by atoms with E-state index in [1.807, 2.05) is 0 Å². The number of anilines is 1. The molecule has 2 aromatic rings. The van der Waals surface area contributed by atoms with Crippen LogP contribution in [0.1, 0.15) is 48.7 Å². The molecule has 8 heteroatoms. The van der Waals surface area contributed by atoms with Crippen LogP contribution < -0.4 is 5.32 Å². The van der Waals surface area contributed by atoms with Gasteiger partial charge < -0.3 is 9.84 Å². The van der Waals surface area contributed by atoms with Crippen LogP contribution >= 0.6 is 0 Å². The molecular weight excluding hydrogens is 354 g/mol. The highest BCUT2D eigenvalue weighted by Gasteiger charge is 2.38. The Labute approximate surface area is 152 Å². The lowest BCUT2D eigenvalue weighted by atomic mass is 10.1. The molecule has 0 spiro atoms. The van der Waals surface area contributed by atoms with Crippen molar-refractivity contribution in [3.63, 3.8) is 0 Å². The summed E-state index contributed by atoms with van der Waals surface area (Å²) in [7, 11) is -3.65. The first kappa shape index (κ1) is 17.2. The predicted molar refractivity (Wildman–Crippen MR) is 95.1 cm³/mol. The predicted octanol–water partition coefficient (Wildman–Crippen LogP) is 2.78. The Morgan fingerprint density at radius 3 is 2.85 bits per heavy atom. The zero-order chi connectivity index (χ0) is 18.3. The summed E-state index contributed by atoms with van der Waals surface area (Å²) >= 11 is 0. The average Bonchev–Trinajstić information content (AvgIpc) is 3.20. The van der Waals surface area contributed by atoms with Gasteiger partial charge in [-0.1, -0.05) is 5.16 Å². The molecule has 2 aliphatic heterocycles. The summed E-state index contributed by atoms with van der Waals surface area (Å²) in [6.45, 7) is 2.26. The van der Waals surface area contributed by atoms with Gasteiger partial charge in [0.2, 0.25) is 15.9 Å². The molecular formula is C18H21N3O4S. The van der Waals surface area contributed by atoms with E-state index in [2.05, 4.69) is 10.5 Å². The number of rotatable bonds is 3. The molecule has 1 saturated heterocycles. The topological polar surface area (TPSA) is 92.5 Å². The Kier molecular flexibility index (Phi) is 4.32. The number of carbonyl (C=O) groups excluding carboxylic acids is 1. The molecule has 1 fully saturated rings. The van der Waals surface area contributed by atoms with Gasteiger partial charge in [-0.2, -0.15) is 4.31 Å². The highest BCUT2D eigenvalue weighted by atomic mass is 32.2. The van der Waals surface area contributed by atoms with Crippen LogP contribution in [0, 0.1) is 6.92 Å². The lowest BCUT2D eigenvalue weighted by Crippen LogP contribution is -2.31. The van der Waals surface area contributed by atoms with Gasteiger partial charge in [0, 0.05) is 24.7 Å². The molecule has 0 saturated carbocycles. The van der Waals surface area contributed by atoms with Crippen molar-refractivity contribution in [1.82, 2.24) is 9.46 Å². The molecule has 1 N–H and O–H groups in total. The van der Waals surface area contributed by atoms with Gasteiger partial charge >= 0.3 is 0 Å². The average molecular weight is 375 g/mol. The number of hydrogen-bond donors (Lipinski definition) is 1. The minimum atomic E-state index is -3.65. The summed E-state index contributed by atoms with van der Waals surface area (Å²) in [5, 5.41) is 6.86. The second-order valence-corrected chi connectivity index (χ2v) is 8.75. The van der Waals surface area contributed by atoms with Gasteiger partial charge in [0.15, 0.2) is 0 Å². The molecule has 1 amide bonds. The molecule has 4 rings (SSSR count). The third-order valence-electron chi connectivity index (χ3n) is 5.00. The summed E-state index contributed by atoms with van der Waals surface area (Å²) in [5.41, 5.74) is 2.23. The fraction of sp³-hybridized carbons (Fsp3) is 0.444. The number of sulfonamides is 1. The van der Waals surface area contributed by atoms with Crippen LogP contribution in [-0.4, -0.2) is 30.3 Å². The van der Waals surface area contributed by atoms with Gasteiger partial charge in [-0.15, -0.1) is 0 Å². The number of fused-ring (bicyclic) bond motifs is 1. The van der Waals surface area contributed by atoms with Crippen LogP contribution in [-0.2, 0) is 21.2 Å². The van der Waals surface area contributed by atoms with E-state index in [1.165, 1.54) is 4.31 Å². The van der Waals surface area contributed by atoms with Gasteiger partial charge in [-0.05, 0) is 56.4 Å². The monoisotopic (exact) mass is 375 g/mol. The molecule has 1 atom stereocenters. The van der Waals surface area contributed by atoms with Crippen LogP contribution in [0.4, 0.5) is 5.69 Å². The van der Waals surface area contributed by atoms with Crippen LogP contribution in [0.5, 0.6) is 0 Å². The van der Waals surface area contributed by atoms with E-state index >= 15 is 0 Å². The van der Waals surface area contributed by atoms with Crippen LogP contribution in [0.3, 0.4) is 0 Å². The lowest BCUT2D eigenvalue weighted by molar-refractivity contribution is -0.116. The van der Waals surface area contributed by atoms with Crippen molar-refractivity contribution in [3.8, 4) is 0 Å². The Balaban J connectivity index is 1.68. The number of amides is 1. The third-order valence-corrected chi connectivity index (χ3v) is 6.90. The standard InChI is InChI=1S/C18H21N3O4S/c1-12-10-16(20-25-12)17-5-3-9-21(17)26(23,24)14-7-8-15-13(11-14)4-2-6-18(22)19-15/h7-8,10-11,17H,2-6,9H2,1H3,(H,19,22). The van der Waals surface area contributed by atoms with E-state index in [4.69, 9.17) is 4.52 Å². The van der Waals surface area contributed by atoms with Crippen molar-refractivity contribution in [2.75, 3.05) is 11.9 Å². The minimum Gasteiger partial charge on any atom is -0.361 e. The van der Waals surface area contributed by atoms with Gasteiger partial charge in [0.05, 0.1) is 10.9 Å². The summed E-state index contributed by atoms with van der Waals surface area (Å²) in [6.07, 6.45) is 3.37. The number of hydrogen-bond acceptors (Lipinski definition) is 5. The number of aromatic nitrogens is 1. The smallest absolute Gasteiger partial charge is 0.243 e. The van der Waals surface area contributed by atoms with Crippen LogP contribution in [0.2, 0.25) is 0 Å². The van der Waals surface area contributed by atoms with E-state index in [0.29, 0.717) is 42.9 Å². The zero-order valence-electron chi connectivity index (χ0n) is 14.6. The van der Waals surface area contributed by atoms with Crippen molar-refractivity contribution in [3.05, 3.63) is 41.3 Å². The van der Waals surface area contributed by atoms with Gasteiger partial charge in [0.1, 0.15) is 11.5 Å². The molecule has 138 valence electrons. The normalized spacial score (nSPS) is 21.3. The van der Waals surface area contributed by atoms with Gasteiger partial charge in [-0.25, -0.2) is 8.42 Å². The Morgan fingerprint density at radius 1 is 1.23 bits per heavy atom. The molecule has 1 aromatic carbocycles. The van der Waals surface area contributed by atoms with Gasteiger partial charge in [0.25, 0.3) is 0 Å². The number of nitrogens with one attached hydrogen (secondary N) is 1. The van der Waals surface area contributed by atoms with E-state index in [-0.39, 0.29) is 16.8 Å². The van der Waals surface area contributed by atoms with E-state index < -0.39 is 10.0 Å².